The highest BCUT2D eigenvalue weighted by molar-refractivity contribution is 5.72. The van der Waals surface area contributed by atoms with Crippen molar-refractivity contribution in [3.63, 3.8) is 0 Å². The lowest BCUT2D eigenvalue weighted by atomic mass is 9.93. The first-order valence-corrected chi connectivity index (χ1v) is 9.90. The third-order valence-electron chi connectivity index (χ3n) is 4.98. The van der Waals surface area contributed by atoms with Gasteiger partial charge in [-0.25, -0.2) is 4.98 Å². The van der Waals surface area contributed by atoms with E-state index in [4.69, 9.17) is 10.7 Å². The first-order valence-electron chi connectivity index (χ1n) is 9.90. The SMILES string of the molecule is CCCCNc1ncc(-c2ccc(CN)cn2)c(NC2CCC(O)CC2)n1. The number of anilines is 2. The van der Waals surface area contributed by atoms with Crippen molar-refractivity contribution in [1.82, 2.24) is 15.0 Å². The van der Waals surface area contributed by atoms with Gasteiger partial charge in [0, 0.05) is 31.5 Å². The molecule has 1 fully saturated rings. The third-order valence-corrected chi connectivity index (χ3v) is 4.98. The van der Waals surface area contributed by atoms with E-state index in [0.717, 1.165) is 67.7 Å². The molecule has 0 aromatic carbocycles. The molecule has 0 unspecified atom stereocenters. The van der Waals surface area contributed by atoms with Crippen molar-refractivity contribution in [1.29, 1.82) is 0 Å². The standard InChI is InChI=1S/C20H30N6O/c1-2-3-10-22-20-24-13-17(18-9-4-14(11-21)12-23-18)19(26-20)25-15-5-7-16(27)8-6-15/h4,9,12-13,15-16,27H,2-3,5-8,10-11,21H2,1H3,(H2,22,24,25,26). The second kappa shape index (κ2) is 9.62. The summed E-state index contributed by atoms with van der Waals surface area (Å²) in [5.41, 5.74) is 8.37. The first-order chi connectivity index (χ1) is 13.2. The third kappa shape index (κ3) is 5.37. The maximum absolute atomic E-state index is 9.76. The lowest BCUT2D eigenvalue weighted by Gasteiger charge is -2.27. The van der Waals surface area contributed by atoms with E-state index in [2.05, 4.69) is 27.5 Å². The zero-order valence-electron chi connectivity index (χ0n) is 16.0. The molecule has 0 aliphatic heterocycles. The second-order valence-electron chi connectivity index (χ2n) is 7.14. The Balaban J connectivity index is 1.83. The van der Waals surface area contributed by atoms with Crippen molar-refractivity contribution in [2.45, 2.75) is 64.1 Å². The van der Waals surface area contributed by atoms with Gasteiger partial charge < -0.3 is 21.5 Å². The molecule has 27 heavy (non-hydrogen) atoms. The average molecular weight is 371 g/mol. The van der Waals surface area contributed by atoms with Gasteiger partial charge in [-0.1, -0.05) is 19.4 Å². The van der Waals surface area contributed by atoms with E-state index in [1.165, 1.54) is 0 Å². The summed E-state index contributed by atoms with van der Waals surface area (Å²) in [5, 5.41) is 16.6. The smallest absolute Gasteiger partial charge is 0.224 e. The fraction of sp³-hybridized carbons (Fsp3) is 0.550. The van der Waals surface area contributed by atoms with Gasteiger partial charge in [-0.2, -0.15) is 4.98 Å². The van der Waals surface area contributed by atoms with Crippen molar-refractivity contribution in [3.05, 3.63) is 30.1 Å². The summed E-state index contributed by atoms with van der Waals surface area (Å²) < 4.78 is 0. The van der Waals surface area contributed by atoms with Crippen LogP contribution in [0.25, 0.3) is 11.3 Å². The lowest BCUT2D eigenvalue weighted by Crippen LogP contribution is -2.29. The minimum absolute atomic E-state index is 0.176. The molecular formula is C20H30N6O. The van der Waals surface area contributed by atoms with Gasteiger partial charge in [0.1, 0.15) is 5.82 Å². The molecule has 1 saturated carbocycles. The van der Waals surface area contributed by atoms with Gasteiger partial charge in [-0.15, -0.1) is 0 Å². The number of aliphatic hydroxyl groups is 1. The molecule has 2 aromatic heterocycles. The number of unbranched alkanes of at least 4 members (excludes halogenated alkanes) is 1. The summed E-state index contributed by atoms with van der Waals surface area (Å²) in [4.78, 5) is 13.7. The van der Waals surface area contributed by atoms with E-state index in [1.807, 2.05) is 18.3 Å². The maximum atomic E-state index is 9.76. The number of nitrogens with zero attached hydrogens (tertiary/aromatic N) is 3. The molecule has 2 heterocycles. The Morgan fingerprint density at radius 1 is 1.15 bits per heavy atom. The number of rotatable bonds is 8. The average Bonchev–Trinajstić information content (AvgIpc) is 2.70. The highest BCUT2D eigenvalue weighted by atomic mass is 16.3. The van der Waals surface area contributed by atoms with Gasteiger partial charge in [-0.3, -0.25) is 4.98 Å². The van der Waals surface area contributed by atoms with Gasteiger partial charge >= 0.3 is 0 Å². The second-order valence-corrected chi connectivity index (χ2v) is 7.14. The molecule has 7 nitrogen and oxygen atoms in total. The fourth-order valence-corrected chi connectivity index (χ4v) is 3.26. The molecule has 0 radical (unpaired) electrons. The van der Waals surface area contributed by atoms with E-state index in [0.29, 0.717) is 18.5 Å². The van der Waals surface area contributed by atoms with Crippen LogP contribution in [0.15, 0.2) is 24.5 Å². The van der Waals surface area contributed by atoms with Crippen LogP contribution in [0.4, 0.5) is 11.8 Å². The number of hydrogen-bond donors (Lipinski definition) is 4. The number of hydrogen-bond acceptors (Lipinski definition) is 7. The molecule has 2 aromatic rings. The summed E-state index contributed by atoms with van der Waals surface area (Å²) in [6.07, 6.45) is 9.16. The zero-order chi connectivity index (χ0) is 19.1. The molecular weight excluding hydrogens is 340 g/mol. The number of aliphatic hydroxyl groups excluding tert-OH is 1. The maximum Gasteiger partial charge on any atom is 0.224 e. The molecule has 1 aliphatic rings. The summed E-state index contributed by atoms with van der Waals surface area (Å²) in [7, 11) is 0. The minimum atomic E-state index is -0.176. The van der Waals surface area contributed by atoms with Gasteiger partial charge in [0.25, 0.3) is 0 Å². The lowest BCUT2D eigenvalue weighted by molar-refractivity contribution is 0.126. The number of nitrogens with one attached hydrogen (secondary N) is 2. The van der Waals surface area contributed by atoms with E-state index in [9.17, 15) is 5.11 Å². The molecule has 0 saturated heterocycles. The van der Waals surface area contributed by atoms with Crippen LogP contribution in [0.5, 0.6) is 0 Å². The van der Waals surface area contributed by atoms with Crippen molar-refractivity contribution >= 4 is 11.8 Å². The van der Waals surface area contributed by atoms with Crippen LogP contribution >= 0.6 is 0 Å². The van der Waals surface area contributed by atoms with Crippen LogP contribution in [0.1, 0.15) is 51.0 Å². The number of nitrogens with two attached hydrogens (primary N) is 1. The predicted molar refractivity (Wildman–Crippen MR) is 108 cm³/mol. The monoisotopic (exact) mass is 370 g/mol. The van der Waals surface area contributed by atoms with Crippen LogP contribution in [0.2, 0.25) is 0 Å². The van der Waals surface area contributed by atoms with Crippen LogP contribution in [-0.4, -0.2) is 38.7 Å². The van der Waals surface area contributed by atoms with Crippen molar-refractivity contribution in [3.8, 4) is 11.3 Å². The van der Waals surface area contributed by atoms with Crippen LogP contribution in [-0.2, 0) is 6.54 Å². The highest BCUT2D eigenvalue weighted by Gasteiger charge is 2.21. The number of pyridine rings is 1. The quantitative estimate of drug-likeness (QED) is 0.529. The molecule has 1 aliphatic carbocycles. The molecule has 146 valence electrons. The van der Waals surface area contributed by atoms with Gasteiger partial charge in [0.05, 0.1) is 17.4 Å². The molecule has 3 rings (SSSR count). The summed E-state index contributed by atoms with van der Waals surface area (Å²) in [5.74, 6) is 1.42. The Bertz CT molecular complexity index is 713. The van der Waals surface area contributed by atoms with Gasteiger partial charge in [0.15, 0.2) is 0 Å². The Hall–Kier alpha value is -2.25. The normalized spacial score (nSPS) is 19.7. The van der Waals surface area contributed by atoms with E-state index in [1.54, 1.807) is 6.20 Å². The number of aromatic nitrogens is 3. The van der Waals surface area contributed by atoms with Gasteiger partial charge in [-0.05, 0) is 43.7 Å². The topological polar surface area (TPSA) is 109 Å². The molecule has 0 spiro atoms. The van der Waals surface area contributed by atoms with Crippen LogP contribution in [0, 0.1) is 0 Å². The fourth-order valence-electron chi connectivity index (χ4n) is 3.26. The Kier molecular flexibility index (Phi) is 6.95. The largest absolute Gasteiger partial charge is 0.393 e. The molecule has 0 amide bonds. The predicted octanol–water partition coefficient (Wildman–Crippen LogP) is 2.92. The highest BCUT2D eigenvalue weighted by Crippen LogP contribution is 2.29. The Morgan fingerprint density at radius 2 is 1.96 bits per heavy atom. The van der Waals surface area contributed by atoms with Crippen LogP contribution < -0.4 is 16.4 Å². The van der Waals surface area contributed by atoms with E-state index < -0.39 is 0 Å². The van der Waals surface area contributed by atoms with Crippen molar-refractivity contribution in [2.75, 3.05) is 17.2 Å². The van der Waals surface area contributed by atoms with Crippen molar-refractivity contribution in [2.24, 2.45) is 5.73 Å². The zero-order valence-corrected chi connectivity index (χ0v) is 16.0. The summed E-state index contributed by atoms with van der Waals surface area (Å²) in [6.45, 7) is 3.49. The summed E-state index contributed by atoms with van der Waals surface area (Å²) >= 11 is 0. The molecule has 0 bridgehead atoms. The van der Waals surface area contributed by atoms with E-state index >= 15 is 0 Å². The summed E-state index contributed by atoms with van der Waals surface area (Å²) in [6, 6.07) is 4.24. The van der Waals surface area contributed by atoms with E-state index in [-0.39, 0.29) is 6.10 Å². The van der Waals surface area contributed by atoms with Crippen LogP contribution in [0.3, 0.4) is 0 Å². The minimum Gasteiger partial charge on any atom is -0.393 e. The Labute approximate surface area is 160 Å². The molecule has 5 N–H and O–H groups in total. The van der Waals surface area contributed by atoms with Crippen molar-refractivity contribution < 1.29 is 5.11 Å². The molecule has 7 heteroatoms. The van der Waals surface area contributed by atoms with Gasteiger partial charge in [0.2, 0.25) is 5.95 Å². The Morgan fingerprint density at radius 3 is 2.63 bits per heavy atom. The molecule has 0 atom stereocenters. The first kappa shape index (κ1) is 19.5.